The number of halogens is 3. The summed E-state index contributed by atoms with van der Waals surface area (Å²) in [4.78, 5) is 40.6. The second-order valence-corrected chi connectivity index (χ2v) is 5.79. The number of carbonyl (C=O) groups excluding carboxylic acids is 1. The number of rotatable bonds is 8. The van der Waals surface area contributed by atoms with Crippen molar-refractivity contribution in [2.24, 2.45) is 0 Å². The lowest BCUT2D eigenvalue weighted by atomic mass is 10.4. The van der Waals surface area contributed by atoms with Crippen molar-refractivity contribution in [2.75, 3.05) is 19.6 Å². The number of carboxylic acids is 1. The predicted molar refractivity (Wildman–Crippen MR) is 67.5 cm³/mol. The normalized spacial score (nSPS) is 13.0. The third-order valence-electron chi connectivity index (χ3n) is 2.44. The highest BCUT2D eigenvalue weighted by molar-refractivity contribution is 7.53. The van der Waals surface area contributed by atoms with Crippen LogP contribution in [0.3, 0.4) is 0 Å². The molecule has 0 saturated heterocycles. The van der Waals surface area contributed by atoms with Crippen molar-refractivity contribution < 1.29 is 42.2 Å². The number of alkyl halides is 3. The van der Waals surface area contributed by atoms with Crippen molar-refractivity contribution in [3.63, 3.8) is 0 Å². The molecule has 130 valence electrons. The lowest BCUT2D eigenvalue weighted by molar-refractivity contribution is -0.193. The molecule has 0 aliphatic carbocycles. The van der Waals surface area contributed by atoms with Crippen molar-refractivity contribution in [1.82, 2.24) is 15.5 Å². The SMILES string of the molecule is CCNC(NCC)(N(CC(=O)O)C(=O)C(F)(F)F)P(=O)(O)O. The van der Waals surface area contributed by atoms with E-state index in [0.717, 1.165) is 0 Å². The van der Waals surface area contributed by atoms with Crippen LogP contribution in [0.5, 0.6) is 0 Å². The van der Waals surface area contributed by atoms with Crippen LogP contribution >= 0.6 is 7.60 Å². The van der Waals surface area contributed by atoms with Crippen molar-refractivity contribution in [1.29, 1.82) is 0 Å². The van der Waals surface area contributed by atoms with E-state index in [-0.39, 0.29) is 13.1 Å². The number of aliphatic carboxylic acids is 1. The highest BCUT2D eigenvalue weighted by Crippen LogP contribution is 2.49. The summed E-state index contributed by atoms with van der Waals surface area (Å²) in [6.07, 6.45) is -5.51. The number of hydrogen-bond acceptors (Lipinski definition) is 5. The number of nitrogens with one attached hydrogen (secondary N) is 2. The van der Waals surface area contributed by atoms with Crippen LogP contribution in [0.4, 0.5) is 13.2 Å². The molecule has 0 aromatic heterocycles. The molecule has 9 nitrogen and oxygen atoms in total. The molecule has 13 heteroatoms. The van der Waals surface area contributed by atoms with Gasteiger partial charge >= 0.3 is 25.6 Å². The van der Waals surface area contributed by atoms with Gasteiger partial charge in [0.05, 0.1) is 0 Å². The van der Waals surface area contributed by atoms with E-state index in [0.29, 0.717) is 0 Å². The Balaban J connectivity index is 6.20. The molecule has 0 aromatic rings. The van der Waals surface area contributed by atoms with Gasteiger partial charge in [-0.05, 0) is 13.1 Å². The minimum Gasteiger partial charge on any atom is -0.480 e. The largest absolute Gasteiger partial charge is 0.480 e. The third-order valence-corrected chi connectivity index (χ3v) is 3.84. The van der Waals surface area contributed by atoms with Gasteiger partial charge in [-0.3, -0.25) is 29.7 Å². The van der Waals surface area contributed by atoms with Crippen LogP contribution in [0, 0.1) is 0 Å². The Morgan fingerprint density at radius 3 is 1.77 bits per heavy atom. The number of hydrogen-bond donors (Lipinski definition) is 5. The first kappa shape index (κ1) is 20.8. The fourth-order valence-corrected chi connectivity index (χ4v) is 2.94. The first-order valence-electron chi connectivity index (χ1n) is 5.99. The van der Waals surface area contributed by atoms with Crippen molar-refractivity contribution in [2.45, 2.75) is 25.6 Å². The molecule has 22 heavy (non-hydrogen) atoms. The van der Waals surface area contributed by atoms with Gasteiger partial charge in [0.2, 0.25) is 0 Å². The van der Waals surface area contributed by atoms with Crippen LogP contribution < -0.4 is 10.6 Å². The smallest absolute Gasteiger partial charge is 0.471 e. The summed E-state index contributed by atoms with van der Waals surface area (Å²) >= 11 is 0. The van der Waals surface area contributed by atoms with Crippen LogP contribution in [-0.2, 0) is 14.2 Å². The summed E-state index contributed by atoms with van der Waals surface area (Å²) in [5.74, 6) is -4.56. The fourth-order valence-electron chi connectivity index (χ4n) is 1.73. The van der Waals surface area contributed by atoms with Gasteiger partial charge < -0.3 is 14.9 Å². The number of carboxylic acid groups (broad SMARTS) is 1. The Kier molecular flexibility index (Phi) is 6.97. The standard InChI is InChI=1S/C9H17F3N3O6P/c1-3-13-9(14-4-2,22(19,20)21)15(5-6(16)17)7(18)8(10,11)12/h13-14H,3-5H2,1-2H3,(H,16,17)(H2,19,20,21). The lowest BCUT2D eigenvalue weighted by Crippen LogP contribution is -2.71. The van der Waals surface area contributed by atoms with Gasteiger partial charge in [-0.2, -0.15) is 13.2 Å². The van der Waals surface area contributed by atoms with Crippen LogP contribution in [-0.4, -0.2) is 63.0 Å². The topological polar surface area (TPSA) is 139 Å². The molecule has 1 amide bonds. The first-order valence-corrected chi connectivity index (χ1v) is 7.61. The zero-order chi connectivity index (χ0) is 17.8. The van der Waals surface area contributed by atoms with Gasteiger partial charge in [0.15, 0.2) is 0 Å². The second kappa shape index (κ2) is 7.38. The van der Waals surface area contributed by atoms with Crippen molar-refractivity contribution in [3.8, 4) is 0 Å². The average molecular weight is 351 g/mol. The first-order chi connectivity index (χ1) is 9.83. The summed E-state index contributed by atoms with van der Waals surface area (Å²) in [6.45, 7) is 0.569. The molecule has 0 saturated carbocycles. The summed E-state index contributed by atoms with van der Waals surface area (Å²) in [5.41, 5.74) is -2.98. The minimum absolute atomic E-state index is 0.251. The molecule has 0 radical (unpaired) electrons. The van der Waals surface area contributed by atoms with Gasteiger partial charge in [0.1, 0.15) is 6.54 Å². The van der Waals surface area contributed by atoms with Gasteiger partial charge in [-0.15, -0.1) is 0 Å². The lowest BCUT2D eigenvalue weighted by Gasteiger charge is -2.43. The Labute approximate surface area is 123 Å². The highest BCUT2D eigenvalue weighted by Gasteiger charge is 2.58. The summed E-state index contributed by atoms with van der Waals surface area (Å²) in [7, 11) is -5.46. The maximum absolute atomic E-state index is 12.7. The average Bonchev–Trinajstić information content (AvgIpc) is 2.32. The van der Waals surface area contributed by atoms with Gasteiger partial charge in [0.25, 0.3) is 5.53 Å². The molecular formula is C9H17F3N3O6P. The van der Waals surface area contributed by atoms with E-state index in [2.05, 4.69) is 10.6 Å². The molecule has 0 spiro atoms. The molecule has 0 bridgehead atoms. The van der Waals surface area contributed by atoms with Crippen molar-refractivity contribution >= 4 is 19.5 Å². The second-order valence-electron chi connectivity index (χ2n) is 4.06. The molecule has 0 aliphatic rings. The number of amides is 1. The van der Waals surface area contributed by atoms with Gasteiger partial charge in [-0.1, -0.05) is 13.8 Å². The molecule has 0 rings (SSSR count). The molecule has 0 unspecified atom stereocenters. The Bertz CT molecular complexity index is 460. The Morgan fingerprint density at radius 2 is 1.55 bits per heavy atom. The number of nitrogens with zero attached hydrogens (tertiary/aromatic N) is 1. The van der Waals surface area contributed by atoms with E-state index >= 15 is 0 Å². The van der Waals surface area contributed by atoms with E-state index in [1.54, 1.807) is 0 Å². The molecule has 0 aliphatic heterocycles. The van der Waals surface area contributed by atoms with Crippen LogP contribution in [0.2, 0.25) is 0 Å². The summed E-state index contributed by atoms with van der Waals surface area (Å²) in [6, 6.07) is 0. The molecule has 0 heterocycles. The molecule has 5 N–H and O–H groups in total. The number of carbonyl (C=O) groups is 2. The van der Waals surface area contributed by atoms with Crippen LogP contribution in [0.15, 0.2) is 0 Å². The minimum atomic E-state index is -5.51. The van der Waals surface area contributed by atoms with Crippen LogP contribution in [0.25, 0.3) is 0 Å². The van der Waals surface area contributed by atoms with Crippen LogP contribution in [0.1, 0.15) is 13.8 Å². The quantitative estimate of drug-likeness (QED) is 0.290. The fraction of sp³-hybridized carbons (Fsp3) is 0.778. The molecule has 0 fully saturated rings. The van der Waals surface area contributed by atoms with Gasteiger partial charge in [-0.25, -0.2) is 0 Å². The van der Waals surface area contributed by atoms with E-state index in [1.807, 2.05) is 0 Å². The maximum Gasteiger partial charge on any atom is 0.471 e. The zero-order valence-corrected chi connectivity index (χ0v) is 12.6. The van der Waals surface area contributed by atoms with E-state index in [1.165, 1.54) is 13.8 Å². The van der Waals surface area contributed by atoms with Crippen molar-refractivity contribution in [3.05, 3.63) is 0 Å². The monoisotopic (exact) mass is 351 g/mol. The Hall–Kier alpha value is -1.20. The maximum atomic E-state index is 12.7. The zero-order valence-electron chi connectivity index (χ0n) is 11.7. The predicted octanol–water partition coefficient (Wildman–Crippen LogP) is -0.530. The van der Waals surface area contributed by atoms with E-state index < -0.39 is 42.6 Å². The summed E-state index contributed by atoms with van der Waals surface area (Å²) < 4.78 is 49.7. The molecule has 0 atom stereocenters. The van der Waals surface area contributed by atoms with E-state index in [4.69, 9.17) is 5.11 Å². The molecule has 0 aromatic carbocycles. The van der Waals surface area contributed by atoms with Gasteiger partial charge in [0, 0.05) is 0 Å². The molecular weight excluding hydrogens is 334 g/mol. The summed E-state index contributed by atoms with van der Waals surface area (Å²) in [5, 5.41) is 12.8. The highest BCUT2D eigenvalue weighted by atomic mass is 31.2. The van der Waals surface area contributed by atoms with E-state index in [9.17, 15) is 37.1 Å². The Morgan fingerprint density at radius 1 is 1.14 bits per heavy atom. The third kappa shape index (κ3) is 4.65.